The van der Waals surface area contributed by atoms with Gasteiger partial charge in [0, 0.05) is 37.6 Å². The van der Waals surface area contributed by atoms with Crippen molar-refractivity contribution in [2.45, 2.75) is 77.4 Å². The Morgan fingerprint density at radius 1 is 0.724 bits per heavy atom. The molecular formula is C44H56N2O12. The number of hydrogen-bond acceptors (Lipinski definition) is 14. The van der Waals surface area contributed by atoms with E-state index in [0.717, 1.165) is 23.0 Å². The molecule has 0 bridgehead atoms. The van der Waals surface area contributed by atoms with Crippen molar-refractivity contribution in [1.82, 2.24) is 0 Å². The number of para-hydroxylation sites is 1. The quantitative estimate of drug-likeness (QED) is 0.0435. The van der Waals surface area contributed by atoms with Gasteiger partial charge in [-0.05, 0) is 67.8 Å². The van der Waals surface area contributed by atoms with Crippen LogP contribution in [0.5, 0.6) is 11.5 Å². The zero-order chi connectivity index (χ0) is 41.5. The fourth-order valence-electron chi connectivity index (χ4n) is 6.98. The van der Waals surface area contributed by atoms with E-state index in [4.69, 9.17) is 42.9 Å². The molecule has 0 saturated carbocycles. The Balaban J connectivity index is 0.985. The van der Waals surface area contributed by atoms with Crippen molar-refractivity contribution >= 4 is 52.2 Å². The molecule has 3 aromatic carbocycles. The van der Waals surface area contributed by atoms with Gasteiger partial charge < -0.3 is 42.8 Å². The zero-order valence-corrected chi connectivity index (χ0v) is 34.3. The normalized spacial score (nSPS) is 16.2. The molecule has 2 heterocycles. The predicted octanol–water partition coefficient (Wildman–Crippen LogP) is 6.64. The molecule has 3 aromatic rings. The van der Waals surface area contributed by atoms with Crippen LogP contribution >= 0.6 is 0 Å². The van der Waals surface area contributed by atoms with E-state index in [2.05, 4.69) is 56.9 Å². The van der Waals surface area contributed by atoms with Crippen molar-refractivity contribution in [3.8, 4) is 11.5 Å². The summed E-state index contributed by atoms with van der Waals surface area (Å²) in [6.45, 7) is 11.2. The Kier molecular flexibility index (Phi) is 16.0. The van der Waals surface area contributed by atoms with Crippen LogP contribution in [0.4, 0.5) is 11.4 Å². The van der Waals surface area contributed by atoms with Crippen molar-refractivity contribution in [2.75, 3.05) is 71.4 Å². The molecule has 58 heavy (non-hydrogen) atoms. The fourth-order valence-corrected chi connectivity index (χ4v) is 6.98. The number of aliphatic imine (C=N–C) groups is 1. The fraction of sp³-hybridized carbons (Fsp3) is 0.523. The van der Waals surface area contributed by atoms with Gasteiger partial charge in [0.2, 0.25) is 5.72 Å². The monoisotopic (exact) mass is 804 g/mol. The number of anilines is 1. The summed E-state index contributed by atoms with van der Waals surface area (Å²) in [5.41, 5.74) is 1.77. The number of benzene rings is 3. The summed E-state index contributed by atoms with van der Waals surface area (Å²) in [4.78, 5) is 56.0. The van der Waals surface area contributed by atoms with E-state index in [1.165, 1.54) is 5.56 Å². The van der Waals surface area contributed by atoms with Crippen molar-refractivity contribution in [1.29, 1.82) is 0 Å². The van der Waals surface area contributed by atoms with E-state index < -0.39 is 29.0 Å². The zero-order valence-electron chi connectivity index (χ0n) is 34.3. The standard InChI is InChI=1S/C44H56N2O12/c1-31(2)29-46-36-11-7-6-10-35(36)43(3,4)44(46)30-45-42-34-28-33(16-14-32(34)15-17-37(42)58-44)57-41(50)19-18-40(49)56-27-24-53-23-26-55-39(48)13-9-8-12-38(47)54-25-22-52-21-20-51-5/h6-7,10-11,14-17,28,30-31H,8-9,12-13,18-27,29H2,1-5H3. The first-order valence-electron chi connectivity index (χ1n) is 20.0. The molecule has 0 aromatic heterocycles. The van der Waals surface area contributed by atoms with Crippen LogP contribution in [0.1, 0.15) is 71.8 Å². The van der Waals surface area contributed by atoms with Crippen LogP contribution in [-0.4, -0.2) is 102 Å². The summed E-state index contributed by atoms with van der Waals surface area (Å²) in [7, 11) is 1.58. The van der Waals surface area contributed by atoms with E-state index in [1.54, 1.807) is 19.2 Å². The average Bonchev–Trinajstić information content (AvgIpc) is 3.37. The summed E-state index contributed by atoms with van der Waals surface area (Å²) in [6, 6.07) is 17.7. The highest BCUT2D eigenvalue weighted by Crippen LogP contribution is 2.55. The van der Waals surface area contributed by atoms with Crippen LogP contribution in [0.3, 0.4) is 0 Å². The molecule has 0 aliphatic carbocycles. The minimum Gasteiger partial charge on any atom is -0.463 e. The Labute approximate surface area is 340 Å². The van der Waals surface area contributed by atoms with Crippen LogP contribution in [0.2, 0.25) is 0 Å². The number of nitrogens with zero attached hydrogens (tertiary/aromatic N) is 2. The van der Waals surface area contributed by atoms with E-state index in [9.17, 15) is 19.2 Å². The summed E-state index contributed by atoms with van der Waals surface area (Å²) >= 11 is 0. The molecule has 1 atom stereocenters. The Morgan fingerprint density at radius 3 is 1.95 bits per heavy atom. The maximum absolute atomic E-state index is 12.7. The molecule has 1 unspecified atom stereocenters. The summed E-state index contributed by atoms with van der Waals surface area (Å²) in [5.74, 6) is -0.525. The van der Waals surface area contributed by atoms with Crippen molar-refractivity contribution in [2.24, 2.45) is 10.9 Å². The van der Waals surface area contributed by atoms with Gasteiger partial charge in [-0.25, -0.2) is 0 Å². The molecule has 314 valence electrons. The van der Waals surface area contributed by atoms with Crippen molar-refractivity contribution in [3.05, 3.63) is 60.2 Å². The van der Waals surface area contributed by atoms with Crippen LogP contribution in [-0.2, 0) is 53.0 Å². The number of carbonyl (C=O) groups excluding carboxylic acids is 4. The number of fused-ring (bicyclic) bond motifs is 4. The van der Waals surface area contributed by atoms with Gasteiger partial charge in [-0.1, -0.05) is 44.2 Å². The third-order valence-corrected chi connectivity index (χ3v) is 9.95. The minimum absolute atomic E-state index is 0.0185. The lowest BCUT2D eigenvalue weighted by atomic mass is 9.77. The lowest BCUT2D eigenvalue weighted by Gasteiger charge is -2.46. The molecule has 1 spiro atoms. The first-order valence-corrected chi connectivity index (χ1v) is 20.0. The van der Waals surface area contributed by atoms with Gasteiger partial charge in [0.15, 0.2) is 0 Å². The number of methoxy groups -OCH3 is 1. The largest absolute Gasteiger partial charge is 0.463 e. The lowest BCUT2D eigenvalue weighted by Crippen LogP contribution is -2.62. The molecule has 2 aliphatic rings. The average molecular weight is 805 g/mol. The van der Waals surface area contributed by atoms with Crippen molar-refractivity contribution < 1.29 is 57.1 Å². The van der Waals surface area contributed by atoms with E-state index >= 15 is 0 Å². The van der Waals surface area contributed by atoms with Crippen LogP contribution in [0.15, 0.2) is 59.6 Å². The molecular weight excluding hydrogens is 748 g/mol. The van der Waals surface area contributed by atoms with E-state index in [1.807, 2.05) is 24.4 Å². The van der Waals surface area contributed by atoms with Crippen LogP contribution < -0.4 is 14.4 Å². The smallest absolute Gasteiger partial charge is 0.311 e. The van der Waals surface area contributed by atoms with Gasteiger partial charge in [-0.3, -0.25) is 24.2 Å². The predicted molar refractivity (Wildman–Crippen MR) is 217 cm³/mol. The highest BCUT2D eigenvalue weighted by molar-refractivity contribution is 6.00. The molecule has 14 nitrogen and oxygen atoms in total. The van der Waals surface area contributed by atoms with Gasteiger partial charge in [0.1, 0.15) is 37.0 Å². The van der Waals surface area contributed by atoms with Crippen molar-refractivity contribution in [3.63, 3.8) is 0 Å². The Bertz CT molecular complexity index is 1910. The molecule has 0 N–H and O–H groups in total. The SMILES string of the molecule is COCCOCCOC(=O)CCCCC(=O)OCCOCCOC(=O)CCC(=O)Oc1ccc2ccc3c(c2c1)N=CC1(O3)N(CC(C)C)c2ccccc2C1(C)C. The number of esters is 4. The molecule has 14 heteroatoms. The Morgan fingerprint density at radius 2 is 1.31 bits per heavy atom. The molecule has 0 amide bonds. The maximum Gasteiger partial charge on any atom is 0.311 e. The van der Waals surface area contributed by atoms with Gasteiger partial charge >= 0.3 is 23.9 Å². The Hall–Kier alpha value is -5.05. The molecule has 0 radical (unpaired) electrons. The third-order valence-electron chi connectivity index (χ3n) is 9.95. The second-order valence-corrected chi connectivity index (χ2v) is 15.1. The first kappa shape index (κ1) is 44.1. The highest BCUT2D eigenvalue weighted by Gasteiger charge is 2.59. The number of hydrogen-bond donors (Lipinski definition) is 0. The molecule has 0 saturated heterocycles. The molecule has 2 aliphatic heterocycles. The second-order valence-electron chi connectivity index (χ2n) is 15.1. The van der Waals surface area contributed by atoms with E-state index in [-0.39, 0.29) is 64.7 Å². The minimum atomic E-state index is -0.829. The van der Waals surface area contributed by atoms with Gasteiger partial charge in [0.25, 0.3) is 0 Å². The second kappa shape index (κ2) is 21.1. The van der Waals surface area contributed by atoms with Crippen LogP contribution in [0.25, 0.3) is 10.8 Å². The van der Waals surface area contributed by atoms with Gasteiger partial charge in [0.05, 0.1) is 57.5 Å². The number of carbonyl (C=O) groups is 4. The van der Waals surface area contributed by atoms with E-state index in [0.29, 0.717) is 55.8 Å². The third kappa shape index (κ3) is 11.3. The lowest BCUT2D eigenvalue weighted by molar-refractivity contribution is -0.149. The summed E-state index contributed by atoms with van der Waals surface area (Å²) < 4.78 is 43.4. The maximum atomic E-state index is 12.7. The van der Waals surface area contributed by atoms with Gasteiger partial charge in [-0.15, -0.1) is 0 Å². The van der Waals surface area contributed by atoms with Gasteiger partial charge in [-0.2, -0.15) is 0 Å². The molecule has 0 fully saturated rings. The number of ether oxygens (including phenoxy) is 8. The first-order chi connectivity index (χ1) is 27.9. The summed E-state index contributed by atoms with van der Waals surface area (Å²) in [6.07, 6.45) is 2.96. The highest BCUT2D eigenvalue weighted by atomic mass is 16.6. The number of unbranched alkanes of at least 4 members (excludes halogenated alkanes) is 1. The van der Waals surface area contributed by atoms with Crippen LogP contribution in [0, 0.1) is 5.92 Å². The number of rotatable bonds is 23. The summed E-state index contributed by atoms with van der Waals surface area (Å²) in [5, 5.41) is 1.69. The molecule has 5 rings (SSSR count). The topological polar surface area (TPSA) is 158 Å².